The van der Waals surface area contributed by atoms with Gasteiger partial charge in [0.05, 0.1) is 0 Å². The van der Waals surface area contributed by atoms with Crippen LogP contribution in [0, 0.1) is 0 Å². The zero-order chi connectivity index (χ0) is 22.1. The normalized spacial score (nSPS) is 12.6. The van der Waals surface area contributed by atoms with Crippen molar-refractivity contribution in [2.24, 2.45) is 5.73 Å². The second-order valence-corrected chi connectivity index (χ2v) is 7.81. The summed E-state index contributed by atoms with van der Waals surface area (Å²) in [6.45, 7) is 1.41. The van der Waals surface area contributed by atoms with Crippen LogP contribution in [0.15, 0.2) is 41.8 Å². The van der Waals surface area contributed by atoms with Crippen LogP contribution >= 0.6 is 11.3 Å². The number of carbonyl (C=O) groups excluding carboxylic acids is 3. The summed E-state index contributed by atoms with van der Waals surface area (Å²) in [5, 5.41) is 15.8. The lowest BCUT2D eigenvalue weighted by atomic mass is 10.1. The van der Waals surface area contributed by atoms with E-state index in [1.807, 2.05) is 41.8 Å². The summed E-state index contributed by atoms with van der Waals surface area (Å²) in [5.41, 5.74) is 7.20. The van der Waals surface area contributed by atoms with Crippen LogP contribution < -0.4 is 16.4 Å². The van der Waals surface area contributed by atoms with Gasteiger partial charge in [0, 0.05) is 17.7 Å². The van der Waals surface area contributed by atoms with Crippen molar-refractivity contribution in [3.05, 3.63) is 47.3 Å². The molecule has 0 saturated heterocycles. The number of thiophene rings is 1. The summed E-state index contributed by atoms with van der Waals surface area (Å²) >= 11 is 1.65. The van der Waals surface area contributed by atoms with Crippen molar-refractivity contribution in [3.63, 3.8) is 0 Å². The maximum absolute atomic E-state index is 12.3. The quantitative estimate of drug-likeness (QED) is 0.429. The molecular weight excluding hydrogens is 406 g/mol. The maximum Gasteiger partial charge on any atom is 0.303 e. The molecule has 1 aromatic carbocycles. The van der Waals surface area contributed by atoms with Crippen molar-refractivity contribution in [1.82, 2.24) is 10.6 Å². The molecule has 0 fully saturated rings. The zero-order valence-corrected chi connectivity index (χ0v) is 17.4. The topological polar surface area (TPSA) is 139 Å². The Labute approximate surface area is 178 Å². The third-order valence-corrected chi connectivity index (χ3v) is 5.40. The van der Waals surface area contributed by atoms with Crippen LogP contribution in [0.2, 0.25) is 0 Å². The predicted octanol–water partition coefficient (Wildman–Crippen LogP) is 1.69. The van der Waals surface area contributed by atoms with Crippen LogP contribution in [-0.4, -0.2) is 40.9 Å². The van der Waals surface area contributed by atoms with Crippen LogP contribution in [0.1, 0.15) is 31.7 Å². The van der Waals surface area contributed by atoms with Gasteiger partial charge in [-0.25, -0.2) is 0 Å². The van der Waals surface area contributed by atoms with Gasteiger partial charge in [-0.1, -0.05) is 30.3 Å². The number of carboxylic acids is 1. The number of carbonyl (C=O) groups is 4. The number of carboxylic acid groups (broad SMARTS) is 1. The Bertz CT molecular complexity index is 881. The molecule has 8 nitrogen and oxygen atoms in total. The number of hydrogen-bond donors (Lipinski definition) is 4. The van der Waals surface area contributed by atoms with E-state index < -0.39 is 29.9 Å². The highest BCUT2D eigenvalue weighted by Gasteiger charge is 2.24. The van der Waals surface area contributed by atoms with E-state index in [1.165, 1.54) is 6.92 Å². The highest BCUT2D eigenvalue weighted by molar-refractivity contribution is 7.13. The van der Waals surface area contributed by atoms with Crippen molar-refractivity contribution in [2.75, 3.05) is 0 Å². The third-order valence-electron chi connectivity index (χ3n) is 4.48. The number of benzene rings is 1. The molecule has 0 aliphatic heterocycles. The summed E-state index contributed by atoms with van der Waals surface area (Å²) in [6, 6.07) is 9.92. The molecule has 30 heavy (non-hydrogen) atoms. The lowest BCUT2D eigenvalue weighted by Gasteiger charge is -2.19. The first-order chi connectivity index (χ1) is 14.3. The van der Waals surface area contributed by atoms with Crippen molar-refractivity contribution < 1.29 is 24.3 Å². The first-order valence-corrected chi connectivity index (χ1v) is 10.4. The van der Waals surface area contributed by atoms with Crippen LogP contribution in [-0.2, 0) is 25.6 Å². The van der Waals surface area contributed by atoms with Gasteiger partial charge in [-0.3, -0.25) is 19.2 Å². The van der Waals surface area contributed by atoms with Crippen molar-refractivity contribution in [1.29, 1.82) is 0 Å². The molecule has 2 rings (SSSR count). The van der Waals surface area contributed by atoms with Crippen LogP contribution in [0.4, 0.5) is 0 Å². The van der Waals surface area contributed by atoms with Crippen LogP contribution in [0.25, 0.3) is 10.4 Å². The maximum atomic E-state index is 12.3. The molecule has 2 atom stereocenters. The molecule has 9 heteroatoms. The standard InChI is InChI=1S/C21H25N3O5S/c1-13(20(22)28)23-21(29)16(9-11-19(26)27)24-18(25)10-6-14-4-7-15(8-5-14)17-3-2-12-30-17/h2-5,7-8,12-13,16H,6,9-11H2,1H3,(H2,22,28)(H,23,29)(H,24,25)(H,26,27)/t13-,16?/m0/s1. The molecule has 0 aliphatic carbocycles. The van der Waals surface area contributed by atoms with Gasteiger partial charge >= 0.3 is 5.97 Å². The minimum Gasteiger partial charge on any atom is -0.481 e. The van der Waals surface area contributed by atoms with Crippen molar-refractivity contribution in [3.8, 4) is 10.4 Å². The number of nitrogens with one attached hydrogen (secondary N) is 2. The monoisotopic (exact) mass is 431 g/mol. The van der Waals surface area contributed by atoms with E-state index in [2.05, 4.69) is 10.6 Å². The molecule has 0 saturated carbocycles. The fraction of sp³-hybridized carbons (Fsp3) is 0.333. The van der Waals surface area contributed by atoms with Gasteiger partial charge in [0.2, 0.25) is 17.7 Å². The molecule has 1 heterocycles. The molecule has 5 N–H and O–H groups in total. The summed E-state index contributed by atoms with van der Waals surface area (Å²) in [6.07, 6.45) is 0.226. The van der Waals surface area contributed by atoms with Gasteiger partial charge in [0.15, 0.2) is 0 Å². The van der Waals surface area contributed by atoms with Gasteiger partial charge in [0.25, 0.3) is 0 Å². The minimum absolute atomic E-state index is 0.0894. The number of aliphatic carboxylic acids is 1. The molecule has 3 amide bonds. The smallest absolute Gasteiger partial charge is 0.303 e. The average molecular weight is 432 g/mol. The largest absolute Gasteiger partial charge is 0.481 e. The predicted molar refractivity (Wildman–Crippen MR) is 114 cm³/mol. The number of nitrogens with two attached hydrogens (primary N) is 1. The van der Waals surface area contributed by atoms with Gasteiger partial charge in [-0.05, 0) is 42.3 Å². The molecule has 0 radical (unpaired) electrons. The van der Waals surface area contributed by atoms with Gasteiger partial charge in [0.1, 0.15) is 12.1 Å². The van der Waals surface area contributed by atoms with E-state index in [9.17, 15) is 19.2 Å². The highest BCUT2D eigenvalue weighted by Crippen LogP contribution is 2.24. The Kier molecular flexibility index (Phi) is 8.54. The molecule has 1 aromatic heterocycles. The first kappa shape index (κ1) is 23.1. The fourth-order valence-electron chi connectivity index (χ4n) is 2.72. The first-order valence-electron chi connectivity index (χ1n) is 9.50. The third kappa shape index (κ3) is 7.32. The molecule has 0 spiro atoms. The van der Waals surface area contributed by atoms with Gasteiger partial charge in [-0.15, -0.1) is 11.3 Å². The summed E-state index contributed by atoms with van der Waals surface area (Å²) in [5.74, 6) is -2.83. The molecule has 2 aromatic rings. The Morgan fingerprint density at radius 2 is 1.77 bits per heavy atom. The van der Waals surface area contributed by atoms with E-state index in [4.69, 9.17) is 10.8 Å². The number of hydrogen-bond acceptors (Lipinski definition) is 5. The van der Waals surface area contributed by atoms with E-state index in [-0.39, 0.29) is 25.2 Å². The molecule has 160 valence electrons. The lowest BCUT2D eigenvalue weighted by Crippen LogP contribution is -2.52. The molecule has 1 unspecified atom stereocenters. The SMILES string of the molecule is C[C@H](NC(=O)C(CCC(=O)O)NC(=O)CCc1ccc(-c2cccs2)cc1)C(N)=O. The summed E-state index contributed by atoms with van der Waals surface area (Å²) in [7, 11) is 0. The Morgan fingerprint density at radius 1 is 1.07 bits per heavy atom. The van der Waals surface area contributed by atoms with Crippen molar-refractivity contribution in [2.45, 2.75) is 44.7 Å². The number of primary amides is 1. The number of amides is 3. The van der Waals surface area contributed by atoms with Crippen LogP contribution in [0.3, 0.4) is 0 Å². The molecule has 0 bridgehead atoms. The average Bonchev–Trinajstić information content (AvgIpc) is 3.24. The van der Waals surface area contributed by atoms with Gasteiger partial charge < -0.3 is 21.5 Å². The fourth-order valence-corrected chi connectivity index (χ4v) is 3.46. The lowest BCUT2D eigenvalue weighted by molar-refractivity contribution is -0.138. The van der Waals surface area contributed by atoms with Gasteiger partial charge in [-0.2, -0.15) is 0 Å². The Hall–Kier alpha value is -3.20. The second kappa shape index (κ2) is 11.1. The zero-order valence-electron chi connectivity index (χ0n) is 16.6. The number of rotatable bonds is 11. The Morgan fingerprint density at radius 3 is 2.33 bits per heavy atom. The summed E-state index contributed by atoms with van der Waals surface area (Å²) < 4.78 is 0. The number of aryl methyl sites for hydroxylation is 1. The second-order valence-electron chi connectivity index (χ2n) is 6.86. The molecular formula is C21H25N3O5S. The van der Waals surface area contributed by atoms with E-state index >= 15 is 0 Å². The Balaban J connectivity index is 1.91. The minimum atomic E-state index is -1.09. The van der Waals surface area contributed by atoms with E-state index in [0.717, 1.165) is 16.0 Å². The van der Waals surface area contributed by atoms with E-state index in [1.54, 1.807) is 11.3 Å². The molecule has 0 aliphatic rings. The summed E-state index contributed by atoms with van der Waals surface area (Å²) in [4.78, 5) is 47.8. The highest BCUT2D eigenvalue weighted by atomic mass is 32.1. The van der Waals surface area contributed by atoms with Crippen molar-refractivity contribution >= 4 is 35.0 Å². The van der Waals surface area contributed by atoms with Crippen LogP contribution in [0.5, 0.6) is 0 Å². The van der Waals surface area contributed by atoms with E-state index in [0.29, 0.717) is 6.42 Å².